The number of carbonyl (C=O) groups excluding carboxylic acids is 1. The molecule has 162 valence electrons. The number of rotatable bonds is 8. The summed E-state index contributed by atoms with van der Waals surface area (Å²) in [6.45, 7) is 1.49. The highest BCUT2D eigenvalue weighted by Gasteiger charge is 2.15. The molecule has 0 spiro atoms. The average Bonchev–Trinajstić information content (AvgIpc) is 2.74. The second-order valence-corrected chi connectivity index (χ2v) is 8.40. The van der Waals surface area contributed by atoms with Gasteiger partial charge in [0.25, 0.3) is 15.9 Å². The van der Waals surface area contributed by atoms with Crippen molar-refractivity contribution in [3.8, 4) is 5.75 Å². The number of nitrogens with one attached hydrogen (secondary N) is 2. The van der Waals surface area contributed by atoms with Crippen LogP contribution >= 0.6 is 0 Å². The van der Waals surface area contributed by atoms with E-state index >= 15 is 0 Å². The van der Waals surface area contributed by atoms with Crippen molar-refractivity contribution in [1.29, 1.82) is 0 Å². The normalized spacial score (nSPS) is 12.1. The molecule has 0 saturated carbocycles. The van der Waals surface area contributed by atoms with Crippen LogP contribution in [-0.4, -0.2) is 20.9 Å². The predicted octanol–water partition coefficient (Wildman–Crippen LogP) is 4.02. The topological polar surface area (TPSA) is 84.5 Å². The first-order chi connectivity index (χ1) is 14.7. The first kappa shape index (κ1) is 22.2. The highest BCUT2D eigenvalue weighted by atomic mass is 32.2. The fourth-order valence-electron chi connectivity index (χ4n) is 2.71. The van der Waals surface area contributed by atoms with Crippen molar-refractivity contribution in [3.05, 3.63) is 90.0 Å². The molecule has 6 nitrogen and oxygen atoms in total. The molecule has 31 heavy (non-hydrogen) atoms. The van der Waals surface area contributed by atoms with Gasteiger partial charge < -0.3 is 10.1 Å². The van der Waals surface area contributed by atoms with Crippen LogP contribution in [0.2, 0.25) is 0 Å². The quantitative estimate of drug-likeness (QED) is 0.547. The Kier molecular flexibility index (Phi) is 6.86. The summed E-state index contributed by atoms with van der Waals surface area (Å²) in [7, 11) is -3.86. The van der Waals surface area contributed by atoms with E-state index in [1.807, 2.05) is 0 Å². The molecule has 3 rings (SSSR count). The zero-order valence-corrected chi connectivity index (χ0v) is 17.3. The van der Waals surface area contributed by atoms with Crippen LogP contribution < -0.4 is 14.8 Å². The number of amides is 1. The van der Waals surface area contributed by atoms with Crippen LogP contribution in [0.3, 0.4) is 0 Å². The van der Waals surface area contributed by atoms with Crippen molar-refractivity contribution in [2.75, 3.05) is 11.3 Å². The SMILES string of the molecule is C[C@@H](NC(=O)COc1ccc(S(=O)(=O)Nc2ccc(F)cc2)cc1)c1ccc(F)cc1. The van der Waals surface area contributed by atoms with Gasteiger partial charge in [0.1, 0.15) is 17.4 Å². The van der Waals surface area contributed by atoms with Crippen molar-refractivity contribution in [3.63, 3.8) is 0 Å². The fraction of sp³-hybridized carbons (Fsp3) is 0.136. The van der Waals surface area contributed by atoms with Gasteiger partial charge in [0.2, 0.25) is 0 Å². The maximum atomic E-state index is 13.0. The monoisotopic (exact) mass is 446 g/mol. The van der Waals surface area contributed by atoms with Gasteiger partial charge in [-0.3, -0.25) is 9.52 Å². The van der Waals surface area contributed by atoms with Gasteiger partial charge in [0, 0.05) is 5.69 Å². The first-order valence-electron chi connectivity index (χ1n) is 9.29. The summed E-state index contributed by atoms with van der Waals surface area (Å²) in [5, 5.41) is 2.73. The van der Waals surface area contributed by atoms with Crippen LogP contribution in [0.5, 0.6) is 5.75 Å². The Bertz CT molecular complexity index is 1130. The average molecular weight is 446 g/mol. The summed E-state index contributed by atoms with van der Waals surface area (Å²) in [4.78, 5) is 12.1. The summed E-state index contributed by atoms with van der Waals surface area (Å²) in [6, 6.07) is 15.9. The lowest BCUT2D eigenvalue weighted by Gasteiger charge is -2.15. The third-order valence-corrected chi connectivity index (χ3v) is 5.75. The van der Waals surface area contributed by atoms with Crippen LogP contribution in [0.25, 0.3) is 0 Å². The lowest BCUT2D eigenvalue weighted by Crippen LogP contribution is -2.31. The maximum Gasteiger partial charge on any atom is 0.261 e. The molecule has 0 aromatic heterocycles. The zero-order valence-electron chi connectivity index (χ0n) is 16.5. The summed E-state index contributed by atoms with van der Waals surface area (Å²) in [5.74, 6) is -0.902. The Labute approximate surface area is 178 Å². The maximum absolute atomic E-state index is 13.0. The number of hydrogen-bond donors (Lipinski definition) is 2. The third-order valence-electron chi connectivity index (χ3n) is 4.35. The van der Waals surface area contributed by atoms with Gasteiger partial charge in [0.15, 0.2) is 6.61 Å². The molecule has 0 heterocycles. The van der Waals surface area contributed by atoms with Crippen LogP contribution in [0.4, 0.5) is 14.5 Å². The van der Waals surface area contributed by atoms with Crippen LogP contribution in [0.15, 0.2) is 77.7 Å². The number of sulfonamides is 1. The number of anilines is 1. The molecule has 0 radical (unpaired) electrons. The predicted molar refractivity (Wildman–Crippen MR) is 112 cm³/mol. The van der Waals surface area contributed by atoms with E-state index in [1.54, 1.807) is 19.1 Å². The molecule has 0 unspecified atom stereocenters. The molecule has 0 fully saturated rings. The molecule has 0 aliphatic rings. The molecular weight excluding hydrogens is 426 g/mol. The Morgan fingerprint density at radius 2 is 1.45 bits per heavy atom. The van der Waals surface area contributed by atoms with Gasteiger partial charge in [-0.05, 0) is 73.2 Å². The van der Waals surface area contributed by atoms with Gasteiger partial charge in [-0.25, -0.2) is 17.2 Å². The number of benzene rings is 3. The molecule has 3 aromatic rings. The standard InChI is InChI=1S/C22H20F2N2O4S/c1-15(16-2-4-17(23)5-3-16)25-22(27)14-30-20-10-12-21(13-11-20)31(28,29)26-19-8-6-18(24)7-9-19/h2-13,15,26H,14H2,1H3,(H,25,27)/t15-/m1/s1. The van der Waals surface area contributed by atoms with E-state index in [2.05, 4.69) is 10.0 Å². The lowest BCUT2D eigenvalue weighted by molar-refractivity contribution is -0.123. The Morgan fingerprint density at radius 1 is 0.903 bits per heavy atom. The van der Waals surface area contributed by atoms with Crippen LogP contribution in [-0.2, 0) is 14.8 Å². The zero-order chi connectivity index (χ0) is 22.4. The van der Waals surface area contributed by atoms with Crippen molar-refractivity contribution in [2.45, 2.75) is 17.9 Å². The first-order valence-corrected chi connectivity index (χ1v) is 10.8. The van der Waals surface area contributed by atoms with Crippen molar-refractivity contribution in [1.82, 2.24) is 5.32 Å². The van der Waals surface area contributed by atoms with Crippen LogP contribution in [0, 0.1) is 11.6 Å². The molecule has 1 atom stereocenters. The minimum Gasteiger partial charge on any atom is -0.484 e. The van der Waals surface area contributed by atoms with E-state index in [1.165, 1.54) is 48.5 Å². The summed E-state index contributed by atoms with van der Waals surface area (Å²) in [5.41, 5.74) is 0.978. The fourth-order valence-corrected chi connectivity index (χ4v) is 3.77. The van der Waals surface area contributed by atoms with E-state index in [0.29, 0.717) is 5.75 Å². The molecule has 0 aliphatic carbocycles. The highest BCUT2D eigenvalue weighted by Crippen LogP contribution is 2.20. The van der Waals surface area contributed by atoms with Crippen molar-refractivity contribution >= 4 is 21.6 Å². The smallest absolute Gasteiger partial charge is 0.261 e. The Morgan fingerprint density at radius 3 is 2.03 bits per heavy atom. The summed E-state index contributed by atoms with van der Waals surface area (Å²) >= 11 is 0. The number of ether oxygens (including phenoxy) is 1. The molecule has 0 aliphatic heterocycles. The second-order valence-electron chi connectivity index (χ2n) is 6.71. The molecular formula is C22H20F2N2O4S. The van der Waals surface area contributed by atoms with E-state index in [-0.39, 0.29) is 35.0 Å². The third kappa shape index (κ3) is 6.26. The molecule has 0 saturated heterocycles. The number of hydrogen-bond acceptors (Lipinski definition) is 4. The Hall–Kier alpha value is -3.46. The molecule has 1 amide bonds. The van der Waals surface area contributed by atoms with E-state index in [9.17, 15) is 22.0 Å². The van der Waals surface area contributed by atoms with Crippen LogP contribution in [0.1, 0.15) is 18.5 Å². The largest absolute Gasteiger partial charge is 0.484 e. The van der Waals surface area contributed by atoms with Gasteiger partial charge in [-0.1, -0.05) is 12.1 Å². The highest BCUT2D eigenvalue weighted by molar-refractivity contribution is 7.92. The van der Waals surface area contributed by atoms with Crippen molar-refractivity contribution in [2.24, 2.45) is 0 Å². The Balaban J connectivity index is 1.54. The van der Waals surface area contributed by atoms with Gasteiger partial charge in [0.05, 0.1) is 10.9 Å². The number of halogens is 2. The molecule has 3 aromatic carbocycles. The minimum absolute atomic E-state index is 0.0152. The second kappa shape index (κ2) is 9.57. The van der Waals surface area contributed by atoms with E-state index in [0.717, 1.165) is 17.7 Å². The number of carbonyl (C=O) groups is 1. The van der Waals surface area contributed by atoms with E-state index < -0.39 is 15.8 Å². The lowest BCUT2D eigenvalue weighted by atomic mass is 10.1. The molecule has 2 N–H and O–H groups in total. The summed E-state index contributed by atoms with van der Waals surface area (Å²) in [6.07, 6.45) is 0. The van der Waals surface area contributed by atoms with E-state index in [4.69, 9.17) is 4.74 Å². The minimum atomic E-state index is -3.86. The van der Waals surface area contributed by atoms with Crippen molar-refractivity contribution < 1.29 is 26.7 Å². The van der Waals surface area contributed by atoms with Gasteiger partial charge in [-0.2, -0.15) is 0 Å². The van der Waals surface area contributed by atoms with Gasteiger partial charge >= 0.3 is 0 Å². The van der Waals surface area contributed by atoms with Gasteiger partial charge in [-0.15, -0.1) is 0 Å². The summed E-state index contributed by atoms with van der Waals surface area (Å²) < 4.78 is 58.5. The molecule has 0 bridgehead atoms. The molecule has 9 heteroatoms.